The zero-order chi connectivity index (χ0) is 21.3. The molecule has 1 fully saturated rings. The molecule has 4 rings (SSSR count). The molecule has 30 heavy (non-hydrogen) atoms. The summed E-state index contributed by atoms with van der Waals surface area (Å²) in [6.45, 7) is 9.05. The number of oxime groups is 1. The highest BCUT2D eigenvalue weighted by Crippen LogP contribution is 2.31. The van der Waals surface area contributed by atoms with Crippen LogP contribution < -0.4 is 0 Å². The summed E-state index contributed by atoms with van der Waals surface area (Å²) in [6.07, 6.45) is 0.756. The van der Waals surface area contributed by atoms with Crippen LogP contribution in [0.2, 0.25) is 0 Å². The van der Waals surface area contributed by atoms with Gasteiger partial charge in [-0.2, -0.15) is 0 Å². The molecule has 0 radical (unpaired) electrons. The number of methoxy groups -OCH3 is 1. The summed E-state index contributed by atoms with van der Waals surface area (Å²) in [5, 5.41) is 4.35. The van der Waals surface area contributed by atoms with E-state index in [0.717, 1.165) is 42.9 Å². The Morgan fingerprint density at radius 3 is 2.37 bits per heavy atom. The lowest BCUT2D eigenvalue weighted by Gasteiger charge is -2.37. The number of esters is 1. The molecule has 1 saturated heterocycles. The number of hydrogen-bond acceptors (Lipinski definition) is 5. The molecule has 0 aromatic heterocycles. The summed E-state index contributed by atoms with van der Waals surface area (Å²) < 4.78 is 4.80. The van der Waals surface area contributed by atoms with Crippen LogP contribution in [0.4, 0.5) is 0 Å². The first-order valence-electron chi connectivity index (χ1n) is 10.6. The molecule has 0 N–H and O–H groups in total. The van der Waals surface area contributed by atoms with Crippen molar-refractivity contribution in [3.05, 3.63) is 70.8 Å². The highest BCUT2D eigenvalue weighted by Gasteiger charge is 2.33. The van der Waals surface area contributed by atoms with Gasteiger partial charge in [-0.1, -0.05) is 74.5 Å². The van der Waals surface area contributed by atoms with Gasteiger partial charge in [-0.15, -0.1) is 0 Å². The Kier molecular flexibility index (Phi) is 5.65. The van der Waals surface area contributed by atoms with Gasteiger partial charge in [0.25, 0.3) is 0 Å². The number of benzene rings is 2. The molecule has 0 amide bonds. The van der Waals surface area contributed by atoms with Crippen molar-refractivity contribution in [2.75, 3.05) is 20.2 Å². The largest absolute Gasteiger partial charge is 0.469 e. The average Bonchev–Trinajstić information content (AvgIpc) is 3.20. The first-order chi connectivity index (χ1) is 14.3. The Hall–Kier alpha value is -2.66. The molecule has 0 aliphatic carbocycles. The fourth-order valence-corrected chi connectivity index (χ4v) is 4.00. The molecule has 0 spiro atoms. The van der Waals surface area contributed by atoms with Gasteiger partial charge in [-0.3, -0.25) is 9.69 Å². The zero-order valence-corrected chi connectivity index (χ0v) is 18.2. The molecule has 5 nitrogen and oxygen atoms in total. The molecule has 2 aromatic carbocycles. The monoisotopic (exact) mass is 406 g/mol. The number of rotatable bonds is 5. The molecule has 0 bridgehead atoms. The van der Waals surface area contributed by atoms with E-state index < -0.39 is 0 Å². The predicted molar refractivity (Wildman–Crippen MR) is 117 cm³/mol. The second kappa shape index (κ2) is 8.23. The first-order valence-corrected chi connectivity index (χ1v) is 10.6. The van der Waals surface area contributed by atoms with E-state index in [1.54, 1.807) is 0 Å². The maximum Gasteiger partial charge on any atom is 0.311 e. The molecule has 5 heteroatoms. The average molecular weight is 407 g/mol. The van der Waals surface area contributed by atoms with Gasteiger partial charge in [-0.25, -0.2) is 0 Å². The maximum atomic E-state index is 11.5. The summed E-state index contributed by atoms with van der Waals surface area (Å²) >= 11 is 0. The summed E-state index contributed by atoms with van der Waals surface area (Å²) in [5.41, 5.74) is 5.95. The third kappa shape index (κ3) is 4.41. The number of likely N-dealkylation sites (tertiary alicyclic amines) is 1. The van der Waals surface area contributed by atoms with Gasteiger partial charge in [0.15, 0.2) is 6.10 Å². The molecule has 2 aromatic rings. The first kappa shape index (κ1) is 20.6. The maximum absolute atomic E-state index is 11.5. The lowest BCUT2D eigenvalue weighted by atomic mass is 9.86. The smallest absolute Gasteiger partial charge is 0.311 e. The van der Waals surface area contributed by atoms with Crippen molar-refractivity contribution in [2.24, 2.45) is 11.1 Å². The number of hydrogen-bond donors (Lipinski definition) is 0. The Balaban J connectivity index is 1.32. The van der Waals surface area contributed by atoms with E-state index in [1.807, 2.05) is 0 Å². The quantitative estimate of drug-likeness (QED) is 0.688. The lowest BCUT2D eigenvalue weighted by molar-refractivity contribution is -0.151. The molecule has 0 saturated carbocycles. The fourth-order valence-electron chi connectivity index (χ4n) is 4.00. The van der Waals surface area contributed by atoms with E-state index in [9.17, 15) is 4.79 Å². The Morgan fingerprint density at radius 2 is 1.77 bits per heavy atom. The second-order valence-corrected chi connectivity index (χ2v) is 9.32. The van der Waals surface area contributed by atoms with E-state index >= 15 is 0 Å². The third-order valence-electron chi connectivity index (χ3n) is 6.00. The van der Waals surface area contributed by atoms with Gasteiger partial charge in [0.05, 0.1) is 18.7 Å². The van der Waals surface area contributed by atoms with E-state index in [4.69, 9.17) is 9.57 Å². The SMILES string of the molecule is COC(=O)C1CN(Cc2ccc(C3=NOC(c4ccc(C(C)(C)C)cc4)C3)cc2)C1. The highest BCUT2D eigenvalue weighted by molar-refractivity contribution is 6.01. The van der Waals surface area contributed by atoms with Gasteiger partial charge in [0.1, 0.15) is 0 Å². The molecular weight excluding hydrogens is 376 g/mol. The van der Waals surface area contributed by atoms with Crippen LogP contribution in [0, 0.1) is 5.92 Å². The van der Waals surface area contributed by atoms with E-state index in [-0.39, 0.29) is 23.4 Å². The fraction of sp³-hybridized carbons (Fsp3) is 0.440. The van der Waals surface area contributed by atoms with Crippen LogP contribution in [-0.4, -0.2) is 36.8 Å². The number of ether oxygens (including phenoxy) is 1. The molecule has 2 aliphatic rings. The van der Waals surface area contributed by atoms with Gasteiger partial charge >= 0.3 is 5.97 Å². The zero-order valence-electron chi connectivity index (χ0n) is 18.2. The Bertz CT molecular complexity index is 920. The van der Waals surface area contributed by atoms with Crippen LogP contribution in [0.1, 0.15) is 55.5 Å². The molecule has 2 aliphatic heterocycles. The molecular formula is C25H30N2O3. The van der Waals surface area contributed by atoms with Crippen molar-refractivity contribution in [2.45, 2.75) is 45.3 Å². The number of nitrogens with zero attached hydrogens (tertiary/aromatic N) is 2. The predicted octanol–water partition coefficient (Wildman–Crippen LogP) is 4.45. The van der Waals surface area contributed by atoms with Crippen molar-refractivity contribution in [1.29, 1.82) is 0 Å². The van der Waals surface area contributed by atoms with E-state index in [1.165, 1.54) is 18.2 Å². The number of carbonyl (C=O) groups is 1. The van der Waals surface area contributed by atoms with Crippen molar-refractivity contribution >= 4 is 11.7 Å². The minimum Gasteiger partial charge on any atom is -0.469 e. The van der Waals surface area contributed by atoms with Crippen LogP contribution >= 0.6 is 0 Å². The second-order valence-electron chi connectivity index (χ2n) is 9.32. The number of carbonyl (C=O) groups excluding carboxylic acids is 1. The minimum atomic E-state index is -0.108. The van der Waals surface area contributed by atoms with Crippen molar-refractivity contribution < 1.29 is 14.4 Å². The van der Waals surface area contributed by atoms with Gasteiger partial charge < -0.3 is 9.57 Å². The van der Waals surface area contributed by atoms with Gasteiger partial charge in [0, 0.05) is 26.1 Å². The summed E-state index contributed by atoms with van der Waals surface area (Å²) in [5.74, 6) is -0.0860. The van der Waals surface area contributed by atoms with E-state index in [0.29, 0.717) is 0 Å². The molecule has 2 heterocycles. The van der Waals surface area contributed by atoms with Crippen LogP contribution in [0.25, 0.3) is 0 Å². The van der Waals surface area contributed by atoms with Crippen molar-refractivity contribution in [1.82, 2.24) is 4.90 Å². The summed E-state index contributed by atoms with van der Waals surface area (Å²) in [4.78, 5) is 19.5. The Labute approximate surface area is 178 Å². The lowest BCUT2D eigenvalue weighted by Crippen LogP contribution is -2.49. The molecule has 158 valence electrons. The van der Waals surface area contributed by atoms with Gasteiger partial charge in [0.2, 0.25) is 0 Å². The van der Waals surface area contributed by atoms with Crippen molar-refractivity contribution in [3.63, 3.8) is 0 Å². The van der Waals surface area contributed by atoms with Crippen LogP contribution in [0.5, 0.6) is 0 Å². The topological polar surface area (TPSA) is 51.1 Å². The van der Waals surface area contributed by atoms with Crippen LogP contribution in [0.15, 0.2) is 53.7 Å². The van der Waals surface area contributed by atoms with E-state index in [2.05, 4.69) is 79.4 Å². The summed E-state index contributed by atoms with van der Waals surface area (Å²) in [6, 6.07) is 17.2. The highest BCUT2D eigenvalue weighted by atomic mass is 16.6. The van der Waals surface area contributed by atoms with Crippen LogP contribution in [-0.2, 0) is 26.3 Å². The minimum absolute atomic E-state index is 0.0219. The van der Waals surface area contributed by atoms with Crippen molar-refractivity contribution in [3.8, 4) is 0 Å². The van der Waals surface area contributed by atoms with Gasteiger partial charge in [-0.05, 0) is 27.7 Å². The third-order valence-corrected chi connectivity index (χ3v) is 6.00. The summed E-state index contributed by atoms with van der Waals surface area (Å²) in [7, 11) is 1.45. The normalized spacial score (nSPS) is 19.7. The Morgan fingerprint density at radius 1 is 1.10 bits per heavy atom. The molecule has 1 unspecified atom stereocenters. The molecule has 1 atom stereocenters. The standard InChI is InChI=1S/C25H30N2O3/c1-25(2,3)21-11-9-19(10-12-21)23-13-22(26-30-23)18-7-5-17(6-8-18)14-27-15-20(16-27)24(28)29-4/h5-12,20,23H,13-16H2,1-4H3. The van der Waals surface area contributed by atoms with Crippen LogP contribution in [0.3, 0.4) is 0 Å².